The van der Waals surface area contributed by atoms with Crippen molar-refractivity contribution in [2.75, 3.05) is 13.2 Å². The Kier molecular flexibility index (Phi) is 3.48. The molecule has 0 amide bonds. The molecule has 0 aliphatic heterocycles. The predicted octanol–water partition coefficient (Wildman–Crippen LogP) is -0.480. The Morgan fingerprint density at radius 3 is 2.92 bits per heavy atom. The molecule has 2 N–H and O–H groups in total. The summed E-state index contributed by atoms with van der Waals surface area (Å²) in [5.74, 6) is -0.0663. The van der Waals surface area contributed by atoms with Gasteiger partial charge in [-0.2, -0.15) is 0 Å². The van der Waals surface area contributed by atoms with Crippen LogP contribution in [0.3, 0.4) is 0 Å². The summed E-state index contributed by atoms with van der Waals surface area (Å²) in [6.45, 7) is 0.194. The molecule has 1 rings (SSSR count). The summed E-state index contributed by atoms with van der Waals surface area (Å²) < 4.78 is 6.21. The molecule has 0 aromatic carbocycles. The molecule has 5 nitrogen and oxygen atoms in total. The lowest BCUT2D eigenvalue weighted by molar-refractivity contribution is 0.0463. The lowest BCUT2D eigenvalue weighted by Gasteiger charge is -2.04. The van der Waals surface area contributed by atoms with Crippen molar-refractivity contribution < 1.29 is 14.9 Å². The first kappa shape index (κ1) is 9.76. The van der Waals surface area contributed by atoms with Crippen LogP contribution in [0.1, 0.15) is 0 Å². The van der Waals surface area contributed by atoms with E-state index in [0.29, 0.717) is 0 Å². The highest BCUT2D eigenvalue weighted by Crippen LogP contribution is 2.00. The minimum absolute atomic E-state index is 0.0663. The van der Waals surface area contributed by atoms with Crippen LogP contribution in [-0.4, -0.2) is 28.0 Å². The Morgan fingerprint density at radius 2 is 2.31 bits per heavy atom. The fourth-order valence-electron chi connectivity index (χ4n) is 0.831. The third-order valence-corrected chi connectivity index (χ3v) is 1.45. The average Bonchev–Trinajstić information content (AvgIpc) is 2.09. The lowest BCUT2D eigenvalue weighted by atomic mass is 10.4. The van der Waals surface area contributed by atoms with E-state index in [1.165, 1.54) is 16.8 Å². The van der Waals surface area contributed by atoms with Crippen molar-refractivity contribution in [1.82, 2.24) is 4.57 Å². The number of nitrogens with zero attached hydrogens (tertiary/aromatic N) is 1. The highest BCUT2D eigenvalue weighted by Gasteiger charge is 1.96. The second kappa shape index (κ2) is 4.64. The van der Waals surface area contributed by atoms with E-state index in [1.807, 2.05) is 0 Å². The topological polar surface area (TPSA) is 71.7 Å². The molecule has 0 radical (unpaired) electrons. The molecule has 0 saturated carbocycles. The quantitative estimate of drug-likeness (QED) is 0.621. The number of aromatic nitrogens is 1. The van der Waals surface area contributed by atoms with Crippen molar-refractivity contribution >= 4 is 0 Å². The molecule has 0 fully saturated rings. The Labute approximate surface area is 74.8 Å². The van der Waals surface area contributed by atoms with Crippen molar-refractivity contribution in [2.45, 2.75) is 6.73 Å². The number of aliphatic hydroxyl groups is 1. The highest BCUT2D eigenvalue weighted by molar-refractivity contribution is 5.15. The van der Waals surface area contributed by atoms with Gasteiger partial charge in [0.05, 0.1) is 13.2 Å². The van der Waals surface area contributed by atoms with E-state index in [1.54, 1.807) is 0 Å². The maximum atomic E-state index is 11.1. The largest absolute Gasteiger partial charge is 0.508 e. The van der Waals surface area contributed by atoms with E-state index < -0.39 is 0 Å². The molecular formula is C8H11NO4. The molecule has 0 saturated heterocycles. The second-order valence-electron chi connectivity index (χ2n) is 2.45. The molecule has 0 unspecified atom stereocenters. The van der Waals surface area contributed by atoms with Gasteiger partial charge in [0.2, 0.25) is 0 Å². The molecule has 1 aromatic rings. The lowest BCUT2D eigenvalue weighted by Crippen LogP contribution is -2.20. The Hall–Kier alpha value is -1.33. The van der Waals surface area contributed by atoms with Gasteiger partial charge in [0, 0.05) is 12.3 Å². The third-order valence-electron chi connectivity index (χ3n) is 1.45. The zero-order valence-electron chi connectivity index (χ0n) is 7.01. The molecular weight excluding hydrogens is 174 g/mol. The average molecular weight is 185 g/mol. The van der Waals surface area contributed by atoms with Gasteiger partial charge >= 0.3 is 0 Å². The Morgan fingerprint density at radius 1 is 1.54 bits per heavy atom. The Bertz CT molecular complexity index is 320. The normalized spacial score (nSPS) is 10.2. The first-order valence-corrected chi connectivity index (χ1v) is 3.82. The fraction of sp³-hybridized carbons (Fsp3) is 0.375. The van der Waals surface area contributed by atoms with E-state index in [2.05, 4.69) is 0 Å². The predicted molar refractivity (Wildman–Crippen MR) is 45.4 cm³/mol. The van der Waals surface area contributed by atoms with Crippen molar-refractivity contribution in [3.8, 4) is 5.75 Å². The minimum atomic E-state index is -0.335. The summed E-state index contributed by atoms with van der Waals surface area (Å²) in [5.41, 5.74) is -0.335. The zero-order valence-corrected chi connectivity index (χ0v) is 7.01. The number of pyridine rings is 1. The van der Waals surface area contributed by atoms with E-state index in [9.17, 15) is 4.79 Å². The standard InChI is InChI=1S/C8H11NO4/c10-3-4-13-6-9-2-1-7(11)5-8(9)12/h1-2,5,10-11H,3-4,6H2. The SMILES string of the molecule is O=c1cc(O)ccn1COCCO. The van der Waals surface area contributed by atoms with Crippen molar-refractivity contribution in [1.29, 1.82) is 0 Å². The second-order valence-corrected chi connectivity index (χ2v) is 2.45. The van der Waals surface area contributed by atoms with Crippen LogP contribution < -0.4 is 5.56 Å². The van der Waals surface area contributed by atoms with Crippen molar-refractivity contribution in [2.24, 2.45) is 0 Å². The summed E-state index contributed by atoms with van der Waals surface area (Å²) in [5, 5.41) is 17.3. The molecule has 1 aromatic heterocycles. The van der Waals surface area contributed by atoms with Crippen molar-refractivity contribution in [3.05, 3.63) is 28.7 Å². The molecule has 13 heavy (non-hydrogen) atoms. The maximum Gasteiger partial charge on any atom is 0.256 e. The van der Waals surface area contributed by atoms with Crippen LogP contribution in [-0.2, 0) is 11.5 Å². The summed E-state index contributed by atoms with van der Waals surface area (Å²) in [7, 11) is 0. The van der Waals surface area contributed by atoms with Crippen LogP contribution >= 0.6 is 0 Å². The minimum Gasteiger partial charge on any atom is -0.508 e. The molecule has 0 bridgehead atoms. The number of aliphatic hydroxyl groups excluding tert-OH is 1. The summed E-state index contributed by atoms with van der Waals surface area (Å²) in [6, 6.07) is 2.49. The molecule has 1 heterocycles. The highest BCUT2D eigenvalue weighted by atomic mass is 16.5. The summed E-state index contributed by atoms with van der Waals surface area (Å²) >= 11 is 0. The Balaban J connectivity index is 2.62. The molecule has 5 heteroatoms. The van der Waals surface area contributed by atoms with E-state index in [-0.39, 0.29) is 31.3 Å². The zero-order chi connectivity index (χ0) is 9.68. The van der Waals surface area contributed by atoms with Gasteiger partial charge in [-0.1, -0.05) is 0 Å². The van der Waals surface area contributed by atoms with Crippen LogP contribution in [0, 0.1) is 0 Å². The van der Waals surface area contributed by atoms with E-state index in [4.69, 9.17) is 14.9 Å². The van der Waals surface area contributed by atoms with Gasteiger partial charge in [-0.25, -0.2) is 0 Å². The molecule has 0 aliphatic rings. The van der Waals surface area contributed by atoms with Gasteiger partial charge in [-0.3, -0.25) is 9.36 Å². The molecule has 0 aliphatic carbocycles. The van der Waals surface area contributed by atoms with E-state index >= 15 is 0 Å². The van der Waals surface area contributed by atoms with Gasteiger partial charge < -0.3 is 14.9 Å². The van der Waals surface area contributed by atoms with Gasteiger partial charge in [0.1, 0.15) is 12.5 Å². The van der Waals surface area contributed by atoms with Crippen LogP contribution in [0.2, 0.25) is 0 Å². The van der Waals surface area contributed by atoms with Gasteiger partial charge in [-0.15, -0.1) is 0 Å². The number of hydrogen-bond donors (Lipinski definition) is 2. The van der Waals surface area contributed by atoms with Gasteiger partial charge in [0.25, 0.3) is 5.56 Å². The van der Waals surface area contributed by atoms with Gasteiger partial charge in [-0.05, 0) is 6.07 Å². The smallest absolute Gasteiger partial charge is 0.256 e. The molecule has 72 valence electrons. The van der Waals surface area contributed by atoms with Crippen LogP contribution in [0.15, 0.2) is 23.1 Å². The van der Waals surface area contributed by atoms with Crippen LogP contribution in [0.25, 0.3) is 0 Å². The fourth-order valence-corrected chi connectivity index (χ4v) is 0.831. The monoisotopic (exact) mass is 185 g/mol. The van der Waals surface area contributed by atoms with Crippen molar-refractivity contribution in [3.63, 3.8) is 0 Å². The summed E-state index contributed by atoms with van der Waals surface area (Å²) in [4.78, 5) is 11.1. The molecule has 0 spiro atoms. The van der Waals surface area contributed by atoms with Crippen LogP contribution in [0.5, 0.6) is 5.75 Å². The maximum absolute atomic E-state index is 11.1. The number of hydrogen-bond acceptors (Lipinski definition) is 4. The van der Waals surface area contributed by atoms with E-state index in [0.717, 1.165) is 6.07 Å². The first-order valence-electron chi connectivity index (χ1n) is 3.82. The van der Waals surface area contributed by atoms with Gasteiger partial charge in [0.15, 0.2) is 0 Å². The number of rotatable bonds is 4. The first-order chi connectivity index (χ1) is 6.24. The summed E-state index contributed by atoms with van der Waals surface area (Å²) in [6.07, 6.45) is 1.43. The number of aromatic hydroxyl groups is 1. The van der Waals surface area contributed by atoms with Crippen LogP contribution in [0.4, 0.5) is 0 Å². The number of ether oxygens (including phenoxy) is 1. The third kappa shape index (κ3) is 2.89. The molecule has 0 atom stereocenters.